The molecule has 0 radical (unpaired) electrons. The first kappa shape index (κ1) is 14.2. The quantitative estimate of drug-likeness (QED) is 0.814. The predicted octanol–water partition coefficient (Wildman–Crippen LogP) is 4.71. The first-order valence-electron chi connectivity index (χ1n) is 5.22. The molecule has 1 amide bonds. The number of nitrogens with one attached hydrogen (secondary N) is 1. The fourth-order valence-electron chi connectivity index (χ4n) is 1.46. The lowest BCUT2D eigenvalue weighted by Gasteiger charge is -2.08. The molecule has 98 valence electrons. The van der Waals surface area contributed by atoms with Crippen molar-refractivity contribution in [3.63, 3.8) is 0 Å². The number of carbonyl (C=O) groups is 1. The number of halogens is 3. The Bertz CT molecular complexity index is 647. The number of benzene rings is 2. The van der Waals surface area contributed by atoms with Crippen LogP contribution in [0.1, 0.15) is 10.4 Å². The average molecular weight is 361 g/mol. The molecule has 0 aliphatic rings. The predicted molar refractivity (Wildman–Crippen MR) is 80.2 cm³/mol. The molecule has 0 spiro atoms. The normalized spacial score (nSPS) is 10.3. The van der Waals surface area contributed by atoms with Crippen LogP contribution in [-0.2, 0) is 0 Å². The molecule has 0 saturated heterocycles. The van der Waals surface area contributed by atoms with Gasteiger partial charge in [-0.15, -0.1) is 0 Å². The summed E-state index contributed by atoms with van der Waals surface area (Å²) in [5.41, 5.74) is 0.783. The number of amides is 1. The summed E-state index contributed by atoms with van der Waals surface area (Å²) in [5, 5.41) is 12.6. The van der Waals surface area contributed by atoms with Gasteiger partial charge in [0.1, 0.15) is 5.75 Å². The molecule has 2 rings (SSSR count). The number of phenols is 1. The highest BCUT2D eigenvalue weighted by Crippen LogP contribution is 2.27. The van der Waals surface area contributed by atoms with Crippen LogP contribution in [0, 0.1) is 0 Å². The van der Waals surface area contributed by atoms with E-state index in [1.807, 2.05) is 0 Å². The van der Waals surface area contributed by atoms with Crippen LogP contribution in [0.5, 0.6) is 5.75 Å². The Hall–Kier alpha value is -1.23. The van der Waals surface area contributed by atoms with Crippen molar-refractivity contribution in [1.29, 1.82) is 0 Å². The third-order valence-corrected chi connectivity index (χ3v) is 3.51. The van der Waals surface area contributed by atoms with Crippen LogP contribution in [0.4, 0.5) is 5.69 Å². The summed E-state index contributed by atoms with van der Waals surface area (Å²) < 4.78 is 0.790. The van der Waals surface area contributed by atoms with Crippen LogP contribution >= 0.6 is 39.1 Å². The van der Waals surface area contributed by atoms with Gasteiger partial charge in [-0.25, -0.2) is 0 Å². The van der Waals surface area contributed by atoms with Crippen LogP contribution in [0.25, 0.3) is 0 Å². The smallest absolute Gasteiger partial charge is 0.257 e. The van der Waals surface area contributed by atoms with Gasteiger partial charge in [0.15, 0.2) is 0 Å². The van der Waals surface area contributed by atoms with Gasteiger partial charge in [-0.05, 0) is 30.3 Å². The van der Waals surface area contributed by atoms with E-state index >= 15 is 0 Å². The lowest BCUT2D eigenvalue weighted by atomic mass is 10.2. The van der Waals surface area contributed by atoms with E-state index in [1.54, 1.807) is 24.3 Å². The summed E-state index contributed by atoms with van der Waals surface area (Å²) in [5.74, 6) is -0.458. The van der Waals surface area contributed by atoms with Crippen molar-refractivity contribution in [3.8, 4) is 5.75 Å². The Morgan fingerprint density at radius 2 is 1.84 bits per heavy atom. The first-order chi connectivity index (χ1) is 8.97. The summed E-state index contributed by atoms with van der Waals surface area (Å²) in [6.07, 6.45) is 0. The molecule has 2 N–H and O–H groups in total. The lowest BCUT2D eigenvalue weighted by Crippen LogP contribution is -2.12. The molecular weight excluding hydrogens is 353 g/mol. The molecule has 0 saturated carbocycles. The Kier molecular flexibility index (Phi) is 4.34. The van der Waals surface area contributed by atoms with Gasteiger partial charge in [0.25, 0.3) is 5.91 Å². The van der Waals surface area contributed by atoms with E-state index in [2.05, 4.69) is 21.2 Å². The highest BCUT2D eigenvalue weighted by molar-refractivity contribution is 9.10. The Labute approximate surface area is 128 Å². The molecule has 3 nitrogen and oxygen atoms in total. The number of anilines is 1. The van der Waals surface area contributed by atoms with Crippen molar-refractivity contribution in [3.05, 3.63) is 56.5 Å². The molecule has 2 aromatic rings. The first-order valence-corrected chi connectivity index (χ1v) is 6.77. The molecule has 6 heteroatoms. The minimum atomic E-state index is -0.362. The van der Waals surface area contributed by atoms with E-state index in [0.717, 1.165) is 4.47 Å². The van der Waals surface area contributed by atoms with Crippen molar-refractivity contribution in [2.45, 2.75) is 0 Å². The molecule has 0 aliphatic carbocycles. The standard InChI is InChI=1S/C13H8BrCl2NO2/c14-7-1-3-9(11(16)5-7)13(19)17-8-2-4-10(15)12(18)6-8/h1-6,18H,(H,17,19). The third-order valence-electron chi connectivity index (χ3n) is 2.38. The van der Waals surface area contributed by atoms with E-state index in [4.69, 9.17) is 23.2 Å². The highest BCUT2D eigenvalue weighted by atomic mass is 79.9. The van der Waals surface area contributed by atoms with E-state index in [-0.39, 0.29) is 16.7 Å². The number of hydrogen-bond acceptors (Lipinski definition) is 2. The highest BCUT2D eigenvalue weighted by Gasteiger charge is 2.11. The molecule has 0 aromatic heterocycles. The summed E-state index contributed by atoms with van der Waals surface area (Å²) in [6, 6.07) is 9.42. The van der Waals surface area contributed by atoms with Gasteiger partial charge in [-0.1, -0.05) is 39.1 Å². The molecule has 19 heavy (non-hydrogen) atoms. The number of aromatic hydroxyl groups is 1. The maximum atomic E-state index is 12.0. The second-order valence-electron chi connectivity index (χ2n) is 3.74. The van der Waals surface area contributed by atoms with E-state index in [1.165, 1.54) is 12.1 Å². The average Bonchev–Trinajstić information content (AvgIpc) is 2.33. The third kappa shape index (κ3) is 3.41. The van der Waals surface area contributed by atoms with Gasteiger partial charge in [-0.3, -0.25) is 4.79 Å². The zero-order valence-corrected chi connectivity index (χ0v) is 12.6. The van der Waals surface area contributed by atoms with Crippen molar-refractivity contribution >= 4 is 50.7 Å². The van der Waals surface area contributed by atoms with Crippen molar-refractivity contribution in [1.82, 2.24) is 0 Å². The molecule has 0 bridgehead atoms. The summed E-state index contributed by atoms with van der Waals surface area (Å²) in [4.78, 5) is 12.0. The van der Waals surface area contributed by atoms with Crippen LogP contribution in [-0.4, -0.2) is 11.0 Å². The van der Waals surface area contributed by atoms with E-state index in [9.17, 15) is 9.90 Å². The fourth-order valence-corrected chi connectivity index (χ4v) is 2.34. The molecule has 0 atom stereocenters. The Morgan fingerprint density at radius 1 is 1.11 bits per heavy atom. The minimum Gasteiger partial charge on any atom is -0.506 e. The largest absolute Gasteiger partial charge is 0.506 e. The van der Waals surface area contributed by atoms with Gasteiger partial charge in [0.2, 0.25) is 0 Å². The van der Waals surface area contributed by atoms with Gasteiger partial charge < -0.3 is 10.4 Å². The number of hydrogen-bond donors (Lipinski definition) is 2. The zero-order chi connectivity index (χ0) is 14.0. The Balaban J connectivity index is 2.23. The summed E-state index contributed by atoms with van der Waals surface area (Å²) in [7, 11) is 0. The molecule has 0 fully saturated rings. The van der Waals surface area contributed by atoms with Gasteiger partial charge in [0, 0.05) is 16.2 Å². The van der Waals surface area contributed by atoms with Gasteiger partial charge in [-0.2, -0.15) is 0 Å². The molecule has 0 unspecified atom stereocenters. The van der Waals surface area contributed by atoms with Gasteiger partial charge >= 0.3 is 0 Å². The topological polar surface area (TPSA) is 49.3 Å². The van der Waals surface area contributed by atoms with Crippen molar-refractivity contribution < 1.29 is 9.90 Å². The van der Waals surface area contributed by atoms with E-state index in [0.29, 0.717) is 16.3 Å². The molecule has 0 heterocycles. The van der Waals surface area contributed by atoms with Crippen molar-refractivity contribution in [2.24, 2.45) is 0 Å². The van der Waals surface area contributed by atoms with E-state index < -0.39 is 0 Å². The van der Waals surface area contributed by atoms with Crippen LogP contribution < -0.4 is 5.32 Å². The van der Waals surface area contributed by atoms with Crippen molar-refractivity contribution in [2.75, 3.05) is 5.32 Å². The monoisotopic (exact) mass is 359 g/mol. The van der Waals surface area contributed by atoms with Crippen LogP contribution in [0.3, 0.4) is 0 Å². The summed E-state index contributed by atoms with van der Waals surface area (Å²) in [6.45, 7) is 0. The molecule has 0 aliphatic heterocycles. The SMILES string of the molecule is O=C(Nc1ccc(Cl)c(O)c1)c1ccc(Br)cc1Cl. The number of carbonyl (C=O) groups excluding carboxylic acids is 1. The maximum Gasteiger partial charge on any atom is 0.257 e. The second kappa shape index (κ2) is 5.82. The number of rotatable bonds is 2. The number of phenolic OH excluding ortho intramolecular Hbond substituents is 1. The Morgan fingerprint density at radius 3 is 2.47 bits per heavy atom. The van der Waals surface area contributed by atoms with Crippen LogP contribution in [0.2, 0.25) is 10.0 Å². The summed E-state index contributed by atoms with van der Waals surface area (Å²) >= 11 is 14.9. The van der Waals surface area contributed by atoms with Crippen LogP contribution in [0.15, 0.2) is 40.9 Å². The minimum absolute atomic E-state index is 0.0960. The maximum absolute atomic E-state index is 12.0. The lowest BCUT2D eigenvalue weighted by molar-refractivity contribution is 0.102. The zero-order valence-electron chi connectivity index (χ0n) is 9.45. The molecular formula is C13H8BrCl2NO2. The fraction of sp³-hybridized carbons (Fsp3) is 0. The molecule has 2 aromatic carbocycles. The second-order valence-corrected chi connectivity index (χ2v) is 5.47. The van der Waals surface area contributed by atoms with Gasteiger partial charge in [0.05, 0.1) is 15.6 Å².